The second kappa shape index (κ2) is 9.46. The number of rotatable bonds is 7. The van der Waals surface area contributed by atoms with Crippen LogP contribution in [0.4, 0.5) is 5.82 Å². The number of hydrogen-bond acceptors (Lipinski definition) is 7. The maximum Gasteiger partial charge on any atom is 0.289 e. The Balaban J connectivity index is 1.27. The maximum absolute atomic E-state index is 12.2. The molecule has 0 aromatic carbocycles. The molecule has 1 aliphatic carbocycles. The number of carbonyl (C=O) groups is 1. The third kappa shape index (κ3) is 5.11. The molecule has 0 bridgehead atoms. The van der Waals surface area contributed by atoms with Crippen molar-refractivity contribution in [2.75, 3.05) is 6.54 Å². The van der Waals surface area contributed by atoms with Gasteiger partial charge in [-0.1, -0.05) is 12.1 Å². The van der Waals surface area contributed by atoms with Gasteiger partial charge in [-0.05, 0) is 55.7 Å². The fraction of sp³-hybridized carbons (Fsp3) is 0.364. The molecule has 2 atom stereocenters. The van der Waals surface area contributed by atoms with Crippen molar-refractivity contribution in [3.8, 4) is 5.69 Å². The lowest BCUT2D eigenvalue weighted by Gasteiger charge is -2.09. The lowest BCUT2D eigenvalue weighted by molar-refractivity contribution is 0.0910. The van der Waals surface area contributed by atoms with Gasteiger partial charge < -0.3 is 9.84 Å². The Morgan fingerprint density at radius 1 is 1.35 bits per heavy atom. The molecule has 31 heavy (non-hydrogen) atoms. The number of aliphatic imine (C=N–C) groups is 1. The van der Waals surface area contributed by atoms with Crippen molar-refractivity contribution < 1.29 is 9.32 Å². The molecule has 3 aromatic heterocycles. The molecule has 1 fully saturated rings. The van der Waals surface area contributed by atoms with E-state index in [2.05, 4.69) is 25.5 Å². The van der Waals surface area contributed by atoms with E-state index < -0.39 is 0 Å². The summed E-state index contributed by atoms with van der Waals surface area (Å²) in [5.41, 5.74) is 1.16. The summed E-state index contributed by atoms with van der Waals surface area (Å²) in [5, 5.41) is 10.8. The van der Waals surface area contributed by atoms with Gasteiger partial charge in [0.25, 0.3) is 11.5 Å². The summed E-state index contributed by atoms with van der Waals surface area (Å²) < 4.78 is 6.36. The van der Waals surface area contributed by atoms with E-state index in [0.29, 0.717) is 29.9 Å². The molecular weight excluding hydrogens is 396 g/mol. The second-order valence-electron chi connectivity index (χ2n) is 7.61. The lowest BCUT2D eigenvalue weighted by Crippen LogP contribution is -2.28. The molecule has 1 amide bonds. The number of amides is 1. The first-order valence-electron chi connectivity index (χ1n) is 10.4. The van der Waals surface area contributed by atoms with Crippen molar-refractivity contribution >= 4 is 17.9 Å². The molecule has 0 radical (unpaired) electrons. The van der Waals surface area contributed by atoms with Crippen LogP contribution in [0.5, 0.6) is 0 Å². The zero-order valence-electron chi connectivity index (χ0n) is 17.3. The summed E-state index contributed by atoms with van der Waals surface area (Å²) in [6.07, 6.45) is 8.82. The molecular formula is C22H24N6O3. The minimum absolute atomic E-state index is 0.209. The Morgan fingerprint density at radius 2 is 2.26 bits per heavy atom. The highest BCUT2D eigenvalue weighted by Crippen LogP contribution is 2.29. The fourth-order valence-electron chi connectivity index (χ4n) is 3.66. The van der Waals surface area contributed by atoms with Gasteiger partial charge in [0.2, 0.25) is 5.76 Å². The van der Waals surface area contributed by atoms with Crippen molar-refractivity contribution in [1.82, 2.24) is 25.2 Å². The van der Waals surface area contributed by atoms with Gasteiger partial charge in [0.1, 0.15) is 0 Å². The van der Waals surface area contributed by atoms with Crippen LogP contribution < -0.4 is 10.9 Å². The summed E-state index contributed by atoms with van der Waals surface area (Å²) in [5.74, 6) is 1.37. The zero-order chi connectivity index (χ0) is 21.6. The SMILES string of the molecule is CCc1cc(C(=O)NC[C@@H]2CCC(C=Nc3ccc(-n4ncccc4=O)cn3)C2)on1. The van der Waals surface area contributed by atoms with Crippen molar-refractivity contribution in [2.24, 2.45) is 16.8 Å². The molecule has 4 rings (SSSR count). The van der Waals surface area contributed by atoms with E-state index in [1.165, 1.54) is 10.7 Å². The van der Waals surface area contributed by atoms with Crippen LogP contribution in [0, 0.1) is 11.8 Å². The second-order valence-corrected chi connectivity index (χ2v) is 7.61. The number of pyridine rings is 1. The van der Waals surface area contributed by atoms with E-state index in [1.54, 1.807) is 36.7 Å². The predicted octanol–water partition coefficient (Wildman–Crippen LogP) is 2.73. The molecule has 0 aliphatic heterocycles. The van der Waals surface area contributed by atoms with Crippen molar-refractivity contribution in [3.63, 3.8) is 0 Å². The molecule has 1 aliphatic rings. The molecule has 3 heterocycles. The summed E-state index contributed by atoms with van der Waals surface area (Å²) >= 11 is 0. The average molecular weight is 420 g/mol. The van der Waals surface area contributed by atoms with Gasteiger partial charge in [-0.15, -0.1) is 0 Å². The molecule has 1 N–H and O–H groups in total. The minimum Gasteiger partial charge on any atom is -0.351 e. The molecule has 0 spiro atoms. The van der Waals surface area contributed by atoms with Gasteiger partial charge in [-0.2, -0.15) is 9.78 Å². The van der Waals surface area contributed by atoms with Gasteiger partial charge in [-0.3, -0.25) is 9.59 Å². The van der Waals surface area contributed by atoms with E-state index in [9.17, 15) is 9.59 Å². The van der Waals surface area contributed by atoms with Crippen LogP contribution in [0.25, 0.3) is 5.69 Å². The summed E-state index contributed by atoms with van der Waals surface area (Å²) in [7, 11) is 0. The molecule has 9 heteroatoms. The molecule has 160 valence electrons. The third-order valence-corrected chi connectivity index (χ3v) is 5.39. The molecule has 1 unspecified atom stereocenters. The average Bonchev–Trinajstić information content (AvgIpc) is 3.46. The van der Waals surface area contributed by atoms with Crippen molar-refractivity contribution in [2.45, 2.75) is 32.6 Å². The van der Waals surface area contributed by atoms with Gasteiger partial charge in [-0.25, -0.2) is 9.98 Å². The highest BCUT2D eigenvalue weighted by atomic mass is 16.5. The number of aryl methyl sites for hydroxylation is 1. The number of nitrogens with one attached hydrogen (secondary N) is 1. The summed E-state index contributed by atoms with van der Waals surface area (Å²) in [4.78, 5) is 32.8. The molecule has 0 saturated heterocycles. The molecule has 1 saturated carbocycles. The minimum atomic E-state index is -0.222. The standard InChI is InChI=1S/C22H24N6O3/c1-2-17-11-19(31-27-17)22(30)25-13-16-6-5-15(10-16)12-23-20-8-7-18(14-24-20)28-21(29)4-3-9-26-28/h3-4,7-9,11-12,14-16H,2,5-6,10,13H2,1H3,(H,25,30)/t15?,16-/m1/s1. The molecule has 9 nitrogen and oxygen atoms in total. The lowest BCUT2D eigenvalue weighted by atomic mass is 10.1. The number of nitrogens with zero attached hydrogens (tertiary/aromatic N) is 5. The van der Waals surface area contributed by atoms with E-state index in [4.69, 9.17) is 4.52 Å². The summed E-state index contributed by atoms with van der Waals surface area (Å²) in [6.45, 7) is 2.57. The third-order valence-electron chi connectivity index (χ3n) is 5.39. The van der Waals surface area contributed by atoms with E-state index in [0.717, 1.165) is 31.4 Å². The number of aromatic nitrogens is 4. The van der Waals surface area contributed by atoms with E-state index in [-0.39, 0.29) is 17.2 Å². The van der Waals surface area contributed by atoms with Gasteiger partial charge in [0, 0.05) is 31.1 Å². The van der Waals surface area contributed by atoms with Crippen LogP contribution in [0.2, 0.25) is 0 Å². The van der Waals surface area contributed by atoms with Crippen LogP contribution in [0.1, 0.15) is 42.4 Å². The van der Waals surface area contributed by atoms with Gasteiger partial charge in [0.05, 0.1) is 17.6 Å². The summed E-state index contributed by atoms with van der Waals surface area (Å²) in [6, 6.07) is 8.27. The van der Waals surface area contributed by atoms with Crippen LogP contribution in [-0.4, -0.2) is 38.6 Å². The zero-order valence-corrected chi connectivity index (χ0v) is 17.3. The molecule has 3 aromatic rings. The Labute approximate surface area is 179 Å². The predicted molar refractivity (Wildman–Crippen MR) is 115 cm³/mol. The Kier molecular flexibility index (Phi) is 6.30. The van der Waals surface area contributed by atoms with Crippen LogP contribution >= 0.6 is 0 Å². The van der Waals surface area contributed by atoms with Crippen LogP contribution in [0.15, 0.2) is 57.0 Å². The van der Waals surface area contributed by atoms with Crippen molar-refractivity contribution in [3.05, 3.63) is 64.5 Å². The smallest absolute Gasteiger partial charge is 0.289 e. The Morgan fingerprint density at radius 3 is 3.00 bits per heavy atom. The van der Waals surface area contributed by atoms with Crippen LogP contribution in [0.3, 0.4) is 0 Å². The highest BCUT2D eigenvalue weighted by Gasteiger charge is 2.24. The van der Waals surface area contributed by atoms with Crippen molar-refractivity contribution in [1.29, 1.82) is 0 Å². The fourth-order valence-corrected chi connectivity index (χ4v) is 3.66. The Bertz CT molecular complexity index is 1120. The van der Waals surface area contributed by atoms with E-state index >= 15 is 0 Å². The maximum atomic E-state index is 12.2. The van der Waals surface area contributed by atoms with Gasteiger partial charge in [0.15, 0.2) is 5.82 Å². The van der Waals surface area contributed by atoms with Gasteiger partial charge >= 0.3 is 0 Å². The Hall–Kier alpha value is -3.62. The first-order valence-corrected chi connectivity index (χ1v) is 10.4. The number of hydrogen-bond donors (Lipinski definition) is 1. The monoisotopic (exact) mass is 420 g/mol. The first-order chi connectivity index (χ1) is 15.1. The quantitative estimate of drug-likeness (QED) is 0.588. The topological polar surface area (TPSA) is 115 Å². The normalized spacial score (nSPS) is 18.5. The first kappa shape index (κ1) is 20.6. The van der Waals surface area contributed by atoms with E-state index in [1.807, 2.05) is 13.1 Å². The largest absolute Gasteiger partial charge is 0.351 e. The number of carbonyl (C=O) groups excluding carboxylic acids is 1. The highest BCUT2D eigenvalue weighted by molar-refractivity contribution is 5.91. The van der Waals surface area contributed by atoms with Crippen LogP contribution in [-0.2, 0) is 6.42 Å².